The largest absolute Gasteiger partial charge is 0.497 e. The van der Waals surface area contributed by atoms with E-state index in [4.69, 9.17) is 25.5 Å². The standard InChI is InChI=1S/C21H19ClO4/c1-13(2)8-9-25-20-12-19-17(10-18(20)22)16(11-21(23)26-19)14-4-6-15(24-3)7-5-14/h4-8,10-12H,9H2,1-3H3. The Morgan fingerprint density at radius 3 is 2.54 bits per heavy atom. The van der Waals surface area contributed by atoms with Crippen LogP contribution in [0.4, 0.5) is 0 Å². The molecule has 0 amide bonds. The average Bonchev–Trinajstić information content (AvgIpc) is 2.62. The van der Waals surface area contributed by atoms with Crippen LogP contribution in [0, 0.1) is 0 Å². The quantitative estimate of drug-likeness (QED) is 0.441. The number of hydrogen-bond acceptors (Lipinski definition) is 4. The lowest BCUT2D eigenvalue weighted by Gasteiger charge is -2.10. The molecule has 2 aromatic carbocycles. The number of allylic oxidation sites excluding steroid dienone is 1. The zero-order valence-corrected chi connectivity index (χ0v) is 15.6. The lowest BCUT2D eigenvalue weighted by Crippen LogP contribution is -2.00. The summed E-state index contributed by atoms with van der Waals surface area (Å²) in [4.78, 5) is 12.0. The number of halogens is 1. The van der Waals surface area contributed by atoms with Crippen molar-refractivity contribution >= 4 is 22.6 Å². The number of hydrogen-bond donors (Lipinski definition) is 0. The van der Waals surface area contributed by atoms with Crippen LogP contribution in [0.5, 0.6) is 11.5 Å². The molecule has 0 aliphatic heterocycles. The number of benzene rings is 2. The topological polar surface area (TPSA) is 48.7 Å². The maximum Gasteiger partial charge on any atom is 0.336 e. The molecule has 0 saturated carbocycles. The second-order valence-electron chi connectivity index (χ2n) is 6.08. The maximum absolute atomic E-state index is 12.0. The van der Waals surface area contributed by atoms with Crippen molar-refractivity contribution in [2.75, 3.05) is 13.7 Å². The zero-order chi connectivity index (χ0) is 18.7. The molecule has 0 unspecified atom stereocenters. The van der Waals surface area contributed by atoms with Crippen molar-refractivity contribution < 1.29 is 13.9 Å². The summed E-state index contributed by atoms with van der Waals surface area (Å²) in [7, 11) is 1.61. The van der Waals surface area contributed by atoms with E-state index >= 15 is 0 Å². The lowest BCUT2D eigenvalue weighted by atomic mass is 10.0. The van der Waals surface area contributed by atoms with Crippen LogP contribution in [-0.2, 0) is 0 Å². The zero-order valence-electron chi connectivity index (χ0n) is 14.8. The Morgan fingerprint density at radius 1 is 1.15 bits per heavy atom. The number of ether oxygens (including phenoxy) is 2. The molecule has 0 saturated heterocycles. The third-order valence-corrected chi connectivity index (χ3v) is 4.22. The Morgan fingerprint density at radius 2 is 1.88 bits per heavy atom. The smallest absolute Gasteiger partial charge is 0.336 e. The van der Waals surface area contributed by atoms with Crippen LogP contribution in [0.2, 0.25) is 5.02 Å². The van der Waals surface area contributed by atoms with Gasteiger partial charge < -0.3 is 13.9 Å². The van der Waals surface area contributed by atoms with Crippen LogP contribution in [0.25, 0.3) is 22.1 Å². The molecular weight excluding hydrogens is 352 g/mol. The summed E-state index contributed by atoms with van der Waals surface area (Å²) in [5.74, 6) is 1.22. The molecule has 5 heteroatoms. The first kappa shape index (κ1) is 18.1. The summed E-state index contributed by atoms with van der Waals surface area (Å²) < 4.78 is 16.2. The minimum absolute atomic E-state index is 0.399. The van der Waals surface area contributed by atoms with Crippen LogP contribution in [-0.4, -0.2) is 13.7 Å². The van der Waals surface area contributed by atoms with Gasteiger partial charge >= 0.3 is 5.63 Å². The Kier molecular flexibility index (Phi) is 5.33. The van der Waals surface area contributed by atoms with E-state index in [0.717, 1.165) is 27.8 Å². The van der Waals surface area contributed by atoms with Crippen LogP contribution >= 0.6 is 11.6 Å². The highest BCUT2D eigenvalue weighted by molar-refractivity contribution is 6.33. The minimum atomic E-state index is -0.430. The second kappa shape index (κ2) is 7.67. The van der Waals surface area contributed by atoms with Gasteiger partial charge in [-0.1, -0.05) is 29.3 Å². The first-order chi connectivity index (χ1) is 12.5. The SMILES string of the molecule is COc1ccc(-c2cc(=O)oc3cc(OCC=C(C)C)c(Cl)cc23)cc1. The van der Waals surface area contributed by atoms with Crippen molar-refractivity contribution in [1.82, 2.24) is 0 Å². The minimum Gasteiger partial charge on any atom is -0.497 e. The first-order valence-electron chi connectivity index (χ1n) is 8.16. The predicted molar refractivity (Wildman–Crippen MR) is 104 cm³/mol. The molecule has 0 fully saturated rings. The lowest BCUT2D eigenvalue weighted by molar-refractivity contribution is 0.362. The van der Waals surface area contributed by atoms with Crippen molar-refractivity contribution in [3.8, 4) is 22.6 Å². The molecule has 0 spiro atoms. The summed E-state index contributed by atoms with van der Waals surface area (Å²) in [6.07, 6.45) is 1.95. The van der Waals surface area contributed by atoms with Gasteiger partial charge in [0, 0.05) is 17.5 Å². The fraction of sp³-hybridized carbons (Fsp3) is 0.190. The molecule has 0 bridgehead atoms. The number of methoxy groups -OCH3 is 1. The van der Waals surface area contributed by atoms with Crippen LogP contribution < -0.4 is 15.1 Å². The van der Waals surface area contributed by atoms with Gasteiger partial charge in [0.05, 0.1) is 12.1 Å². The molecule has 4 nitrogen and oxygen atoms in total. The average molecular weight is 371 g/mol. The highest BCUT2D eigenvalue weighted by Gasteiger charge is 2.12. The van der Waals surface area contributed by atoms with E-state index in [-0.39, 0.29) is 0 Å². The fourth-order valence-corrected chi connectivity index (χ4v) is 2.80. The number of rotatable bonds is 5. The highest BCUT2D eigenvalue weighted by atomic mass is 35.5. The second-order valence-corrected chi connectivity index (χ2v) is 6.49. The van der Waals surface area contributed by atoms with Gasteiger partial charge in [-0.2, -0.15) is 0 Å². The third-order valence-electron chi connectivity index (χ3n) is 3.93. The number of fused-ring (bicyclic) bond motifs is 1. The van der Waals surface area contributed by atoms with E-state index in [0.29, 0.717) is 23.0 Å². The van der Waals surface area contributed by atoms with E-state index in [1.807, 2.05) is 44.2 Å². The summed E-state index contributed by atoms with van der Waals surface area (Å²) in [5.41, 5.74) is 2.77. The van der Waals surface area contributed by atoms with E-state index in [9.17, 15) is 4.79 Å². The van der Waals surface area contributed by atoms with Gasteiger partial charge in [-0.05, 0) is 49.2 Å². The van der Waals surface area contributed by atoms with Gasteiger partial charge in [-0.15, -0.1) is 0 Å². The molecule has 1 aromatic heterocycles. The van der Waals surface area contributed by atoms with E-state index in [1.165, 1.54) is 6.07 Å². The maximum atomic E-state index is 12.0. The Hall–Kier alpha value is -2.72. The van der Waals surface area contributed by atoms with E-state index < -0.39 is 5.63 Å². The van der Waals surface area contributed by atoms with E-state index in [2.05, 4.69) is 0 Å². The molecule has 0 aliphatic carbocycles. The van der Waals surface area contributed by atoms with Crippen molar-refractivity contribution in [3.63, 3.8) is 0 Å². The Balaban J connectivity index is 2.08. The molecule has 0 atom stereocenters. The molecule has 3 rings (SSSR count). The van der Waals surface area contributed by atoms with Crippen molar-refractivity contribution in [3.05, 3.63) is 69.6 Å². The molecule has 0 N–H and O–H groups in total. The highest BCUT2D eigenvalue weighted by Crippen LogP contribution is 2.35. The summed E-state index contributed by atoms with van der Waals surface area (Å²) in [6, 6.07) is 12.3. The van der Waals surface area contributed by atoms with Crippen LogP contribution in [0.15, 0.2) is 63.3 Å². The molecule has 0 aliphatic rings. The van der Waals surface area contributed by atoms with Crippen molar-refractivity contribution in [2.24, 2.45) is 0 Å². The van der Waals surface area contributed by atoms with Crippen LogP contribution in [0.3, 0.4) is 0 Å². The molecular formula is C21H19ClO4. The molecule has 3 aromatic rings. The fourth-order valence-electron chi connectivity index (χ4n) is 2.58. The van der Waals surface area contributed by atoms with E-state index in [1.54, 1.807) is 19.2 Å². The van der Waals surface area contributed by atoms with Crippen molar-refractivity contribution in [1.29, 1.82) is 0 Å². The van der Waals surface area contributed by atoms with Gasteiger partial charge in [-0.3, -0.25) is 0 Å². The normalized spacial score (nSPS) is 10.6. The summed E-state index contributed by atoms with van der Waals surface area (Å²) in [6.45, 7) is 4.38. The first-order valence-corrected chi connectivity index (χ1v) is 8.53. The van der Waals surface area contributed by atoms with Gasteiger partial charge in [0.15, 0.2) is 0 Å². The molecule has 0 radical (unpaired) electrons. The third kappa shape index (κ3) is 3.92. The monoisotopic (exact) mass is 370 g/mol. The summed E-state index contributed by atoms with van der Waals surface area (Å²) in [5, 5.41) is 1.21. The van der Waals surface area contributed by atoms with Gasteiger partial charge in [0.2, 0.25) is 0 Å². The summed E-state index contributed by atoms with van der Waals surface area (Å²) >= 11 is 6.38. The molecule has 26 heavy (non-hydrogen) atoms. The Labute approximate surface area is 156 Å². The molecule has 1 heterocycles. The molecule has 134 valence electrons. The van der Waals surface area contributed by atoms with Gasteiger partial charge in [0.1, 0.15) is 23.7 Å². The van der Waals surface area contributed by atoms with Gasteiger partial charge in [0.25, 0.3) is 0 Å². The van der Waals surface area contributed by atoms with Gasteiger partial charge in [-0.25, -0.2) is 4.79 Å². The predicted octanol–water partition coefficient (Wildman–Crippen LogP) is 5.47. The van der Waals surface area contributed by atoms with Crippen molar-refractivity contribution in [2.45, 2.75) is 13.8 Å². The van der Waals surface area contributed by atoms with Crippen LogP contribution in [0.1, 0.15) is 13.8 Å². The Bertz CT molecular complexity index is 1010.